The topological polar surface area (TPSA) is 122 Å². The maximum atomic E-state index is 13.2. The average Bonchev–Trinajstić information content (AvgIpc) is 3.09. The number of nitrogens with one attached hydrogen (secondary N) is 1. The summed E-state index contributed by atoms with van der Waals surface area (Å²) in [6.45, 7) is 0.948. The minimum atomic E-state index is -1.04. The molecule has 0 bridgehead atoms. The Kier molecular flexibility index (Phi) is 10.3. The fourth-order valence-corrected chi connectivity index (χ4v) is 4.80. The van der Waals surface area contributed by atoms with Crippen LogP contribution in [0.4, 0.5) is 5.69 Å². The highest BCUT2D eigenvalue weighted by Gasteiger charge is 2.22. The van der Waals surface area contributed by atoms with Crippen molar-refractivity contribution in [2.75, 3.05) is 18.5 Å². The van der Waals surface area contributed by atoms with Crippen LogP contribution in [0.5, 0.6) is 5.75 Å². The number of rotatable bonds is 14. The van der Waals surface area contributed by atoms with Crippen molar-refractivity contribution >= 4 is 23.3 Å². The highest BCUT2D eigenvalue weighted by molar-refractivity contribution is 6.12. The van der Waals surface area contributed by atoms with Crippen molar-refractivity contribution in [3.05, 3.63) is 156 Å². The summed E-state index contributed by atoms with van der Waals surface area (Å²) in [5.41, 5.74) is 3.39. The van der Waals surface area contributed by atoms with E-state index in [0.717, 1.165) is 11.1 Å². The van der Waals surface area contributed by atoms with Crippen LogP contribution in [0.2, 0.25) is 0 Å². The predicted molar refractivity (Wildman–Crippen MR) is 170 cm³/mol. The summed E-state index contributed by atoms with van der Waals surface area (Å²) in [7, 11) is 0. The first-order valence-corrected chi connectivity index (χ1v) is 14.5. The SMILES string of the molecule is O=C(c1ccccc1)c1ccccc1N[C@@H](Cc1ccc(OCCN(Cc2ccccc2)C(=O)c2cnccn2)cc1)C(=O)O. The van der Waals surface area contributed by atoms with Gasteiger partial charge in [-0.1, -0.05) is 84.9 Å². The molecule has 4 aromatic carbocycles. The lowest BCUT2D eigenvalue weighted by molar-refractivity contribution is -0.137. The second-order valence-electron chi connectivity index (χ2n) is 10.3. The maximum Gasteiger partial charge on any atom is 0.326 e. The summed E-state index contributed by atoms with van der Waals surface area (Å²) in [5, 5.41) is 13.0. The van der Waals surface area contributed by atoms with E-state index in [4.69, 9.17) is 4.74 Å². The molecule has 5 rings (SSSR count). The van der Waals surface area contributed by atoms with Gasteiger partial charge in [0.1, 0.15) is 24.1 Å². The van der Waals surface area contributed by atoms with Crippen LogP contribution in [-0.2, 0) is 17.8 Å². The average molecular weight is 601 g/mol. The van der Waals surface area contributed by atoms with Crippen LogP contribution in [0.25, 0.3) is 0 Å². The largest absolute Gasteiger partial charge is 0.492 e. The maximum absolute atomic E-state index is 13.2. The number of ether oxygens (including phenoxy) is 1. The van der Waals surface area contributed by atoms with Crippen molar-refractivity contribution < 1.29 is 24.2 Å². The molecular weight excluding hydrogens is 568 g/mol. The molecule has 0 aliphatic heterocycles. The van der Waals surface area contributed by atoms with Crippen LogP contribution in [-0.4, -0.2) is 56.8 Å². The third-order valence-electron chi connectivity index (χ3n) is 7.11. The highest BCUT2D eigenvalue weighted by Crippen LogP contribution is 2.22. The Hall–Kier alpha value is -5.83. The van der Waals surface area contributed by atoms with E-state index in [-0.39, 0.29) is 30.4 Å². The van der Waals surface area contributed by atoms with Gasteiger partial charge in [0.2, 0.25) is 0 Å². The molecule has 5 aromatic rings. The van der Waals surface area contributed by atoms with Crippen LogP contribution < -0.4 is 10.1 Å². The van der Waals surface area contributed by atoms with Crippen molar-refractivity contribution in [3.8, 4) is 5.75 Å². The summed E-state index contributed by atoms with van der Waals surface area (Å²) in [4.78, 5) is 48.3. The number of hydrogen-bond donors (Lipinski definition) is 2. The Morgan fingerprint density at radius 1 is 0.800 bits per heavy atom. The van der Waals surface area contributed by atoms with Crippen LogP contribution in [0.15, 0.2) is 128 Å². The quantitative estimate of drug-likeness (QED) is 0.160. The highest BCUT2D eigenvalue weighted by atomic mass is 16.5. The first kappa shape index (κ1) is 30.6. The molecule has 1 aromatic heterocycles. The Balaban J connectivity index is 1.21. The fourth-order valence-electron chi connectivity index (χ4n) is 4.80. The lowest BCUT2D eigenvalue weighted by atomic mass is 10.00. The molecule has 9 nitrogen and oxygen atoms in total. The van der Waals surface area contributed by atoms with Gasteiger partial charge < -0.3 is 20.1 Å². The van der Waals surface area contributed by atoms with Crippen molar-refractivity contribution in [1.82, 2.24) is 14.9 Å². The monoisotopic (exact) mass is 600 g/mol. The first-order valence-electron chi connectivity index (χ1n) is 14.5. The van der Waals surface area contributed by atoms with E-state index in [0.29, 0.717) is 35.7 Å². The third kappa shape index (κ3) is 8.39. The molecule has 1 atom stereocenters. The zero-order valence-corrected chi connectivity index (χ0v) is 24.5. The molecule has 0 spiro atoms. The van der Waals surface area contributed by atoms with Crippen LogP contribution in [0, 0.1) is 0 Å². The lowest BCUT2D eigenvalue weighted by Crippen LogP contribution is -2.34. The van der Waals surface area contributed by atoms with E-state index in [1.54, 1.807) is 77.7 Å². The van der Waals surface area contributed by atoms with Gasteiger partial charge in [-0.25, -0.2) is 9.78 Å². The van der Waals surface area contributed by atoms with Gasteiger partial charge in [0, 0.05) is 42.2 Å². The molecule has 226 valence electrons. The molecule has 2 N–H and O–H groups in total. The summed E-state index contributed by atoms with van der Waals surface area (Å²) in [6, 6.07) is 31.6. The molecule has 0 aliphatic rings. The molecule has 9 heteroatoms. The number of carbonyl (C=O) groups is 3. The number of ketones is 1. The van der Waals surface area contributed by atoms with E-state index < -0.39 is 12.0 Å². The standard InChI is InChI=1S/C36H32N4O5/c41-34(28-11-5-2-6-12-28)30-13-7-8-14-31(30)39-32(36(43)44)23-26-15-17-29(18-16-26)45-22-21-40(25-27-9-3-1-4-10-27)35(42)33-24-37-19-20-38-33/h1-20,24,32,39H,21-23,25H2,(H,43,44)/t32-/m0/s1. The Bertz CT molecular complexity index is 1720. The van der Waals surface area contributed by atoms with Crippen molar-refractivity contribution in [3.63, 3.8) is 0 Å². The van der Waals surface area contributed by atoms with Gasteiger partial charge in [-0.05, 0) is 35.4 Å². The van der Waals surface area contributed by atoms with Gasteiger partial charge >= 0.3 is 5.97 Å². The Morgan fingerprint density at radius 2 is 1.49 bits per heavy atom. The first-order chi connectivity index (χ1) is 22.0. The number of carbonyl (C=O) groups excluding carboxylic acids is 2. The van der Waals surface area contributed by atoms with Crippen LogP contribution >= 0.6 is 0 Å². The number of anilines is 1. The van der Waals surface area contributed by atoms with E-state index in [1.165, 1.54) is 18.6 Å². The number of benzene rings is 4. The number of para-hydroxylation sites is 1. The van der Waals surface area contributed by atoms with Crippen molar-refractivity contribution in [2.24, 2.45) is 0 Å². The number of amides is 1. The smallest absolute Gasteiger partial charge is 0.326 e. The van der Waals surface area contributed by atoms with Crippen molar-refractivity contribution in [1.29, 1.82) is 0 Å². The van der Waals surface area contributed by atoms with E-state index in [9.17, 15) is 19.5 Å². The van der Waals surface area contributed by atoms with Crippen LogP contribution in [0.3, 0.4) is 0 Å². The zero-order chi connectivity index (χ0) is 31.4. The van der Waals surface area contributed by atoms with Crippen LogP contribution in [0.1, 0.15) is 37.5 Å². The summed E-state index contributed by atoms with van der Waals surface area (Å²) < 4.78 is 5.95. The molecule has 0 saturated carbocycles. The zero-order valence-electron chi connectivity index (χ0n) is 24.5. The van der Waals surface area contributed by atoms with Gasteiger partial charge in [-0.3, -0.25) is 14.6 Å². The lowest BCUT2D eigenvalue weighted by Gasteiger charge is -2.22. The molecular formula is C36H32N4O5. The molecule has 1 amide bonds. The van der Waals surface area contributed by atoms with Crippen molar-refractivity contribution in [2.45, 2.75) is 19.0 Å². The second kappa shape index (κ2) is 15.1. The molecule has 0 radical (unpaired) electrons. The Labute approximate surface area is 261 Å². The molecule has 0 saturated heterocycles. The minimum Gasteiger partial charge on any atom is -0.492 e. The number of aromatic nitrogens is 2. The summed E-state index contributed by atoms with van der Waals surface area (Å²) in [5.74, 6) is -0.886. The number of hydrogen-bond acceptors (Lipinski definition) is 7. The summed E-state index contributed by atoms with van der Waals surface area (Å²) in [6.07, 6.45) is 4.63. The normalized spacial score (nSPS) is 11.3. The van der Waals surface area contributed by atoms with Gasteiger partial charge in [0.25, 0.3) is 5.91 Å². The van der Waals surface area contributed by atoms with Gasteiger partial charge in [-0.2, -0.15) is 0 Å². The van der Waals surface area contributed by atoms with Gasteiger partial charge in [-0.15, -0.1) is 0 Å². The number of aliphatic carboxylic acids is 1. The Morgan fingerprint density at radius 3 is 2.18 bits per heavy atom. The molecule has 0 aliphatic carbocycles. The van der Waals surface area contributed by atoms with E-state index in [2.05, 4.69) is 15.3 Å². The minimum absolute atomic E-state index is 0.181. The number of carboxylic acids is 1. The van der Waals surface area contributed by atoms with E-state index >= 15 is 0 Å². The van der Waals surface area contributed by atoms with Gasteiger partial charge in [0.05, 0.1) is 12.7 Å². The number of nitrogens with zero attached hydrogens (tertiary/aromatic N) is 3. The molecule has 0 fully saturated rings. The fraction of sp³-hybridized carbons (Fsp3) is 0.139. The predicted octanol–water partition coefficient (Wildman–Crippen LogP) is 5.54. The molecule has 1 heterocycles. The summed E-state index contributed by atoms with van der Waals surface area (Å²) >= 11 is 0. The molecule has 45 heavy (non-hydrogen) atoms. The number of carboxylic acid groups (broad SMARTS) is 1. The third-order valence-corrected chi connectivity index (χ3v) is 7.11. The van der Waals surface area contributed by atoms with Gasteiger partial charge in [0.15, 0.2) is 5.78 Å². The molecule has 0 unspecified atom stereocenters. The van der Waals surface area contributed by atoms with E-state index in [1.807, 2.05) is 36.4 Å². The second-order valence-corrected chi connectivity index (χ2v) is 10.3.